The van der Waals surface area contributed by atoms with Crippen molar-refractivity contribution in [3.05, 3.63) is 45.4 Å². The summed E-state index contributed by atoms with van der Waals surface area (Å²) in [6.45, 7) is 0. The van der Waals surface area contributed by atoms with Gasteiger partial charge in [0.2, 0.25) is 5.91 Å². The molecule has 3 rings (SSSR count). The predicted molar refractivity (Wildman–Crippen MR) is 96.5 cm³/mol. The Labute approximate surface area is 163 Å². The second kappa shape index (κ2) is 7.49. The number of rotatable bonds is 4. The molecule has 2 aromatic rings. The molecular formula is C18H15ClF3N3OS. The van der Waals surface area contributed by atoms with E-state index in [-0.39, 0.29) is 17.4 Å². The maximum absolute atomic E-state index is 12.9. The molecule has 0 radical (unpaired) electrons. The molecule has 0 bridgehead atoms. The fourth-order valence-electron chi connectivity index (χ4n) is 3.11. The zero-order chi connectivity index (χ0) is 19.7. The average molecular weight is 414 g/mol. The lowest BCUT2D eigenvalue weighted by Crippen LogP contribution is -2.32. The summed E-state index contributed by atoms with van der Waals surface area (Å²) >= 11 is 7.18. The van der Waals surface area contributed by atoms with Gasteiger partial charge in [-0.15, -0.1) is 11.3 Å². The smallest absolute Gasteiger partial charge is 0.301 e. The van der Waals surface area contributed by atoms with Gasteiger partial charge < -0.3 is 5.32 Å². The quantitative estimate of drug-likeness (QED) is 0.726. The Kier molecular flexibility index (Phi) is 5.45. The molecule has 142 valence electrons. The SMILES string of the molecule is N#CC1(C(=O)Nc2ncc(Cc3cc(C(F)(F)F)ccc3Cl)s2)CCCC1. The van der Waals surface area contributed by atoms with Gasteiger partial charge in [0.25, 0.3) is 0 Å². The van der Waals surface area contributed by atoms with Crippen LogP contribution in [0.15, 0.2) is 24.4 Å². The summed E-state index contributed by atoms with van der Waals surface area (Å²) in [4.78, 5) is 17.2. The Morgan fingerprint density at radius 2 is 2.07 bits per heavy atom. The number of carbonyl (C=O) groups excluding carboxylic acids is 1. The van der Waals surface area contributed by atoms with Crippen molar-refractivity contribution in [1.29, 1.82) is 5.26 Å². The van der Waals surface area contributed by atoms with Crippen LogP contribution in [0.2, 0.25) is 5.02 Å². The van der Waals surface area contributed by atoms with Gasteiger partial charge in [0.15, 0.2) is 5.13 Å². The second-order valence-corrected chi connectivity index (χ2v) is 7.99. The molecule has 1 aromatic carbocycles. The van der Waals surface area contributed by atoms with Crippen molar-refractivity contribution < 1.29 is 18.0 Å². The molecule has 1 fully saturated rings. The first-order valence-electron chi connectivity index (χ1n) is 8.26. The van der Waals surface area contributed by atoms with Crippen molar-refractivity contribution in [1.82, 2.24) is 4.98 Å². The number of halogens is 4. The summed E-state index contributed by atoms with van der Waals surface area (Å²) < 4.78 is 38.6. The molecule has 0 aliphatic heterocycles. The summed E-state index contributed by atoms with van der Waals surface area (Å²) in [5, 5.41) is 12.6. The molecule has 0 atom stereocenters. The van der Waals surface area contributed by atoms with E-state index in [1.54, 1.807) is 0 Å². The van der Waals surface area contributed by atoms with E-state index in [1.807, 2.05) is 0 Å². The minimum Gasteiger partial charge on any atom is -0.301 e. The zero-order valence-corrected chi connectivity index (χ0v) is 15.6. The third-order valence-corrected chi connectivity index (χ3v) is 5.90. The maximum atomic E-state index is 12.9. The molecule has 1 amide bonds. The van der Waals surface area contributed by atoms with Crippen molar-refractivity contribution >= 4 is 34.0 Å². The van der Waals surface area contributed by atoms with Crippen LogP contribution in [-0.2, 0) is 17.4 Å². The Morgan fingerprint density at radius 1 is 1.37 bits per heavy atom. The van der Waals surface area contributed by atoms with Gasteiger partial charge >= 0.3 is 6.18 Å². The summed E-state index contributed by atoms with van der Waals surface area (Å²) in [7, 11) is 0. The van der Waals surface area contributed by atoms with Gasteiger partial charge in [-0.25, -0.2) is 4.98 Å². The molecule has 1 aliphatic carbocycles. The Balaban J connectivity index is 1.74. The molecule has 1 saturated carbocycles. The first kappa shape index (κ1) is 19.6. The predicted octanol–water partition coefficient (Wildman–Crippen LogP) is 5.43. The van der Waals surface area contributed by atoms with Crippen molar-refractivity contribution in [2.45, 2.75) is 38.3 Å². The number of nitriles is 1. The third kappa shape index (κ3) is 4.25. The topological polar surface area (TPSA) is 65.8 Å². The van der Waals surface area contributed by atoms with Crippen molar-refractivity contribution in [3.63, 3.8) is 0 Å². The molecule has 1 heterocycles. The number of hydrogen-bond donors (Lipinski definition) is 1. The standard InChI is InChI=1S/C18H15ClF3N3OS/c19-14-4-3-12(18(20,21)22)7-11(14)8-13-9-24-16(27-13)25-15(26)17(10-23)5-1-2-6-17/h3-4,7,9H,1-2,5-6,8H2,(H,24,25,26). The van der Waals surface area contributed by atoms with Gasteiger partial charge in [-0.2, -0.15) is 18.4 Å². The monoisotopic (exact) mass is 413 g/mol. The van der Waals surface area contributed by atoms with Crippen LogP contribution < -0.4 is 5.32 Å². The van der Waals surface area contributed by atoms with Crippen LogP contribution in [0.1, 0.15) is 41.7 Å². The van der Waals surface area contributed by atoms with E-state index in [0.717, 1.165) is 36.3 Å². The molecule has 0 saturated heterocycles. The molecule has 27 heavy (non-hydrogen) atoms. The van der Waals surface area contributed by atoms with Gasteiger partial charge in [0.1, 0.15) is 5.41 Å². The van der Waals surface area contributed by atoms with Crippen molar-refractivity contribution in [2.75, 3.05) is 5.32 Å². The lowest BCUT2D eigenvalue weighted by molar-refractivity contribution is -0.137. The first-order valence-corrected chi connectivity index (χ1v) is 9.46. The van der Waals surface area contributed by atoms with E-state index in [1.165, 1.54) is 12.3 Å². The van der Waals surface area contributed by atoms with Gasteiger partial charge in [0.05, 0.1) is 11.6 Å². The van der Waals surface area contributed by atoms with Gasteiger partial charge in [0, 0.05) is 22.5 Å². The summed E-state index contributed by atoms with van der Waals surface area (Å²) in [5.41, 5.74) is -1.45. The number of benzene rings is 1. The lowest BCUT2D eigenvalue weighted by Gasteiger charge is -2.17. The number of nitrogens with zero attached hydrogens (tertiary/aromatic N) is 2. The normalized spacial score (nSPS) is 16.1. The molecule has 9 heteroatoms. The number of amides is 1. The molecule has 0 unspecified atom stereocenters. The highest BCUT2D eigenvalue weighted by Gasteiger charge is 2.41. The number of nitrogens with one attached hydrogen (secondary N) is 1. The zero-order valence-electron chi connectivity index (χ0n) is 14.1. The number of hydrogen-bond acceptors (Lipinski definition) is 4. The number of aromatic nitrogens is 1. The number of carbonyl (C=O) groups is 1. The number of alkyl halides is 3. The molecule has 1 N–H and O–H groups in total. The van der Waals surface area contributed by atoms with E-state index in [2.05, 4.69) is 16.4 Å². The molecule has 1 aliphatic rings. The van der Waals surface area contributed by atoms with Crippen molar-refractivity contribution in [3.8, 4) is 6.07 Å². The number of thiazole rings is 1. The van der Waals surface area contributed by atoms with Gasteiger partial charge in [-0.05, 0) is 36.6 Å². The second-order valence-electron chi connectivity index (χ2n) is 6.47. The fraction of sp³-hybridized carbons (Fsp3) is 0.389. The Bertz CT molecular complexity index is 898. The van der Waals surface area contributed by atoms with Crippen LogP contribution in [0.4, 0.5) is 18.3 Å². The summed E-state index contributed by atoms with van der Waals surface area (Å²) in [6, 6.07) is 5.29. The van der Waals surface area contributed by atoms with Gasteiger partial charge in [-0.1, -0.05) is 24.4 Å². The number of anilines is 1. The minimum absolute atomic E-state index is 0.166. The largest absolute Gasteiger partial charge is 0.416 e. The van der Waals surface area contributed by atoms with E-state index >= 15 is 0 Å². The Morgan fingerprint density at radius 3 is 2.70 bits per heavy atom. The van der Waals surface area contributed by atoms with Crippen LogP contribution in [0.5, 0.6) is 0 Å². The summed E-state index contributed by atoms with van der Waals surface area (Å²) in [5.74, 6) is -0.375. The van der Waals surface area contributed by atoms with E-state index in [4.69, 9.17) is 11.6 Å². The van der Waals surface area contributed by atoms with Gasteiger partial charge in [-0.3, -0.25) is 4.79 Å². The molecule has 0 spiro atoms. The third-order valence-electron chi connectivity index (χ3n) is 4.62. The Hall–Kier alpha value is -2.11. The first-order chi connectivity index (χ1) is 12.7. The van der Waals surface area contributed by atoms with E-state index in [9.17, 15) is 23.2 Å². The van der Waals surface area contributed by atoms with E-state index < -0.39 is 17.2 Å². The van der Waals surface area contributed by atoms with E-state index in [0.29, 0.717) is 28.4 Å². The lowest BCUT2D eigenvalue weighted by atomic mass is 9.87. The highest BCUT2D eigenvalue weighted by molar-refractivity contribution is 7.15. The molecule has 1 aromatic heterocycles. The van der Waals surface area contributed by atoms with Crippen LogP contribution in [0.25, 0.3) is 0 Å². The summed E-state index contributed by atoms with van der Waals surface area (Å²) in [6.07, 6.45) is -0.0829. The highest BCUT2D eigenvalue weighted by atomic mass is 35.5. The molecule has 4 nitrogen and oxygen atoms in total. The minimum atomic E-state index is -4.45. The fourth-order valence-corrected chi connectivity index (χ4v) is 4.12. The average Bonchev–Trinajstić information content (AvgIpc) is 3.26. The van der Waals surface area contributed by atoms with Crippen LogP contribution in [-0.4, -0.2) is 10.9 Å². The van der Waals surface area contributed by atoms with Crippen molar-refractivity contribution in [2.24, 2.45) is 5.41 Å². The highest BCUT2D eigenvalue weighted by Crippen LogP contribution is 2.39. The molecular weight excluding hydrogens is 399 g/mol. The van der Waals surface area contributed by atoms with Crippen LogP contribution in [0.3, 0.4) is 0 Å². The maximum Gasteiger partial charge on any atom is 0.416 e. The van der Waals surface area contributed by atoms with Crippen LogP contribution in [0, 0.1) is 16.7 Å². The van der Waals surface area contributed by atoms with Crippen LogP contribution >= 0.6 is 22.9 Å².